The number of anilines is 3. The van der Waals surface area contributed by atoms with E-state index in [2.05, 4.69) is 28.1 Å². The molecule has 7 nitrogen and oxygen atoms in total. The monoisotopic (exact) mass is 478 g/mol. The normalized spacial score (nSPS) is 21.0. The van der Waals surface area contributed by atoms with Crippen molar-refractivity contribution >= 4 is 46.4 Å². The van der Waals surface area contributed by atoms with Gasteiger partial charge in [0.15, 0.2) is 11.6 Å². The van der Waals surface area contributed by atoms with Gasteiger partial charge >= 0.3 is 0 Å². The molecular weight excluding hydrogens is 454 g/mol. The topological polar surface area (TPSA) is 87.4 Å². The highest BCUT2D eigenvalue weighted by molar-refractivity contribution is 6.35. The number of nitrogens with zero attached hydrogens (tertiary/aromatic N) is 4. The van der Waals surface area contributed by atoms with E-state index in [1.54, 1.807) is 18.2 Å². The fourth-order valence-electron chi connectivity index (χ4n) is 4.23. The molecule has 170 valence electrons. The summed E-state index contributed by atoms with van der Waals surface area (Å²) in [5.41, 5.74) is 6.31. The number of nitrogen functional groups attached to an aromatic ring is 1. The molecule has 4 rings (SSSR count). The van der Waals surface area contributed by atoms with Crippen molar-refractivity contribution in [2.75, 3.05) is 35.6 Å². The molecule has 2 aromatic rings. The van der Waals surface area contributed by atoms with E-state index in [0.717, 1.165) is 31.4 Å². The van der Waals surface area contributed by atoms with E-state index in [4.69, 9.17) is 28.9 Å². The SMILES string of the molecule is C#C.Nc1ncnc(N2CCC[C@@H](N3CCC[C@@H](Nc4cc(Cl)cc(Cl)c4)C3=O)C2)c1F. The molecule has 2 fully saturated rings. The van der Waals surface area contributed by atoms with Crippen molar-refractivity contribution in [3.05, 3.63) is 40.4 Å². The number of nitrogens with two attached hydrogens (primary N) is 1. The molecule has 0 spiro atoms. The van der Waals surface area contributed by atoms with Crippen molar-refractivity contribution in [1.29, 1.82) is 0 Å². The molecule has 0 bridgehead atoms. The van der Waals surface area contributed by atoms with E-state index in [9.17, 15) is 9.18 Å². The molecule has 3 heterocycles. The molecule has 2 saturated heterocycles. The van der Waals surface area contributed by atoms with Crippen LogP contribution in [0.4, 0.5) is 21.7 Å². The fraction of sp³-hybridized carbons (Fsp3) is 0.409. The van der Waals surface area contributed by atoms with Gasteiger partial charge in [0.25, 0.3) is 0 Å². The van der Waals surface area contributed by atoms with Crippen molar-refractivity contribution < 1.29 is 9.18 Å². The van der Waals surface area contributed by atoms with Gasteiger partial charge in [0.1, 0.15) is 12.4 Å². The number of halogens is 3. The Hall–Kier alpha value is -2.76. The first-order chi connectivity index (χ1) is 15.4. The predicted octanol–water partition coefficient (Wildman–Crippen LogP) is 3.83. The highest BCUT2D eigenvalue weighted by Crippen LogP contribution is 2.29. The summed E-state index contributed by atoms with van der Waals surface area (Å²) in [4.78, 5) is 24.7. The number of hydrogen-bond acceptors (Lipinski definition) is 6. The zero-order valence-corrected chi connectivity index (χ0v) is 19.0. The quantitative estimate of drug-likeness (QED) is 0.649. The van der Waals surface area contributed by atoms with Crippen LogP contribution in [0.5, 0.6) is 0 Å². The number of piperidine rings is 2. The van der Waals surface area contributed by atoms with Crippen LogP contribution in [0.1, 0.15) is 25.7 Å². The number of terminal acetylenes is 1. The third-order valence-corrected chi connectivity index (χ3v) is 6.05. The molecule has 10 heteroatoms. The van der Waals surface area contributed by atoms with E-state index < -0.39 is 5.82 Å². The summed E-state index contributed by atoms with van der Waals surface area (Å²) in [7, 11) is 0. The highest BCUT2D eigenvalue weighted by Gasteiger charge is 2.36. The van der Waals surface area contributed by atoms with Crippen LogP contribution in [0.3, 0.4) is 0 Å². The van der Waals surface area contributed by atoms with Gasteiger partial charge in [0.05, 0.1) is 0 Å². The first kappa shape index (κ1) is 23.9. The molecule has 0 unspecified atom stereocenters. The highest BCUT2D eigenvalue weighted by atomic mass is 35.5. The van der Waals surface area contributed by atoms with Crippen molar-refractivity contribution in [3.63, 3.8) is 0 Å². The fourth-order valence-corrected chi connectivity index (χ4v) is 4.76. The number of carbonyl (C=O) groups excluding carboxylic acids is 1. The van der Waals surface area contributed by atoms with Gasteiger partial charge < -0.3 is 20.9 Å². The molecule has 1 amide bonds. The van der Waals surface area contributed by atoms with Gasteiger partial charge in [-0.15, -0.1) is 12.8 Å². The maximum atomic E-state index is 14.4. The Balaban J connectivity index is 0.00000141. The van der Waals surface area contributed by atoms with E-state index in [1.807, 2.05) is 9.80 Å². The summed E-state index contributed by atoms with van der Waals surface area (Å²) in [5, 5.41) is 4.30. The average Bonchev–Trinajstić information content (AvgIpc) is 2.78. The van der Waals surface area contributed by atoms with Crippen molar-refractivity contribution in [2.24, 2.45) is 0 Å². The minimum absolute atomic E-state index is 0.0191. The first-order valence-electron chi connectivity index (χ1n) is 10.3. The molecule has 0 radical (unpaired) electrons. The maximum Gasteiger partial charge on any atom is 0.245 e. The lowest BCUT2D eigenvalue weighted by Crippen LogP contribution is -2.56. The summed E-state index contributed by atoms with van der Waals surface area (Å²) in [5.74, 6) is -0.548. The summed E-state index contributed by atoms with van der Waals surface area (Å²) >= 11 is 12.2. The minimum atomic E-state index is -0.611. The van der Waals surface area contributed by atoms with Crippen molar-refractivity contribution in [3.8, 4) is 12.8 Å². The zero-order valence-electron chi connectivity index (χ0n) is 17.5. The average molecular weight is 479 g/mol. The Bertz CT molecular complexity index is 968. The Labute approximate surface area is 197 Å². The molecule has 1 aromatic heterocycles. The molecule has 3 N–H and O–H groups in total. The lowest BCUT2D eigenvalue weighted by Gasteiger charge is -2.43. The van der Waals surface area contributed by atoms with Crippen LogP contribution in [0, 0.1) is 18.7 Å². The van der Waals surface area contributed by atoms with Gasteiger partial charge in [0.2, 0.25) is 11.7 Å². The van der Waals surface area contributed by atoms with E-state index in [1.165, 1.54) is 6.33 Å². The van der Waals surface area contributed by atoms with E-state index >= 15 is 0 Å². The number of hydrogen-bond donors (Lipinski definition) is 2. The molecule has 2 aliphatic heterocycles. The second-order valence-corrected chi connectivity index (χ2v) is 8.54. The third-order valence-electron chi connectivity index (χ3n) is 5.61. The largest absolute Gasteiger partial charge is 0.381 e. The number of aromatic nitrogens is 2. The summed E-state index contributed by atoms with van der Waals surface area (Å²) in [6.07, 6.45) is 12.6. The Morgan fingerprint density at radius 3 is 2.50 bits per heavy atom. The summed E-state index contributed by atoms with van der Waals surface area (Å²) in [6.45, 7) is 1.85. The maximum absolute atomic E-state index is 14.4. The van der Waals surface area contributed by atoms with Crippen LogP contribution in [-0.4, -0.2) is 52.5 Å². The van der Waals surface area contributed by atoms with Crippen LogP contribution in [0.15, 0.2) is 24.5 Å². The number of carbonyl (C=O) groups is 1. The van der Waals surface area contributed by atoms with Crippen LogP contribution >= 0.6 is 23.2 Å². The number of benzene rings is 1. The van der Waals surface area contributed by atoms with Gasteiger partial charge in [-0.1, -0.05) is 23.2 Å². The molecule has 1 aromatic carbocycles. The van der Waals surface area contributed by atoms with Gasteiger partial charge in [-0.2, -0.15) is 4.39 Å². The van der Waals surface area contributed by atoms with Crippen LogP contribution in [0.25, 0.3) is 0 Å². The number of rotatable bonds is 4. The van der Waals surface area contributed by atoms with E-state index in [0.29, 0.717) is 29.7 Å². The first-order valence-corrected chi connectivity index (χ1v) is 11.1. The molecule has 2 aliphatic rings. The summed E-state index contributed by atoms with van der Waals surface area (Å²) < 4.78 is 14.4. The second kappa shape index (κ2) is 10.7. The van der Waals surface area contributed by atoms with E-state index in [-0.39, 0.29) is 29.6 Å². The molecule has 2 atom stereocenters. The number of nitrogens with one attached hydrogen (secondary N) is 1. The second-order valence-electron chi connectivity index (χ2n) is 7.67. The minimum Gasteiger partial charge on any atom is -0.381 e. The van der Waals surface area contributed by atoms with Gasteiger partial charge in [-0.25, -0.2) is 9.97 Å². The Kier molecular flexibility index (Phi) is 7.99. The third kappa shape index (κ3) is 5.34. The lowest BCUT2D eigenvalue weighted by molar-refractivity contribution is -0.137. The Morgan fingerprint density at radius 1 is 1.09 bits per heavy atom. The smallest absolute Gasteiger partial charge is 0.245 e. The molecule has 32 heavy (non-hydrogen) atoms. The van der Waals surface area contributed by atoms with Crippen molar-refractivity contribution in [1.82, 2.24) is 14.9 Å². The van der Waals surface area contributed by atoms with Gasteiger partial charge in [-0.3, -0.25) is 4.79 Å². The molecule has 0 saturated carbocycles. The standard InChI is InChI=1S/C20H23Cl2FN6O.C2H2/c21-12-7-13(22)9-14(8-12)27-16-4-2-6-29(20(16)30)15-3-1-5-28(10-15)19-17(23)18(24)25-11-26-19;1-2/h7-9,11,15-16,27H,1-6,10H2,(H2,24,25,26);1-2H/t15-,16-;/m1./s1. The number of likely N-dealkylation sites (tertiary alicyclic amines) is 1. The van der Waals surface area contributed by atoms with Gasteiger partial charge in [0, 0.05) is 41.4 Å². The van der Waals surface area contributed by atoms with Crippen molar-refractivity contribution in [2.45, 2.75) is 37.8 Å². The van der Waals surface area contributed by atoms with Crippen LogP contribution < -0.4 is 16.0 Å². The lowest BCUT2D eigenvalue weighted by atomic mass is 9.97. The molecule has 0 aliphatic carbocycles. The number of amides is 1. The van der Waals surface area contributed by atoms with Crippen LogP contribution in [0.2, 0.25) is 10.0 Å². The molecular formula is C22H25Cl2FN6O. The van der Waals surface area contributed by atoms with Gasteiger partial charge in [-0.05, 0) is 43.9 Å². The summed E-state index contributed by atoms with van der Waals surface area (Å²) in [6, 6.07) is 4.79. The van der Waals surface area contributed by atoms with Crippen LogP contribution in [-0.2, 0) is 4.79 Å². The zero-order chi connectivity index (χ0) is 23.3. The Morgan fingerprint density at radius 2 is 1.78 bits per heavy atom. The predicted molar refractivity (Wildman–Crippen MR) is 126 cm³/mol.